The summed E-state index contributed by atoms with van der Waals surface area (Å²) >= 11 is 0. The third kappa shape index (κ3) is 2.96. The molecule has 0 saturated carbocycles. The predicted molar refractivity (Wildman–Crippen MR) is 109 cm³/mol. The van der Waals surface area contributed by atoms with E-state index in [9.17, 15) is 9.59 Å². The number of nitrogens with one attached hydrogen (secondary N) is 2. The second-order valence-electron chi connectivity index (χ2n) is 6.97. The van der Waals surface area contributed by atoms with Crippen LogP contribution in [-0.4, -0.2) is 30.1 Å². The summed E-state index contributed by atoms with van der Waals surface area (Å²) in [6, 6.07) is 10.6. The Morgan fingerprint density at radius 3 is 2.90 bits per heavy atom. The minimum atomic E-state index is -0.334. The van der Waals surface area contributed by atoms with E-state index in [2.05, 4.69) is 20.5 Å². The minimum absolute atomic E-state index is 0.169. The molecule has 0 fully saturated rings. The Hall–Kier alpha value is -4.14. The number of pyridine rings is 1. The van der Waals surface area contributed by atoms with E-state index >= 15 is 0 Å². The van der Waals surface area contributed by atoms with Gasteiger partial charge in [-0.3, -0.25) is 19.3 Å². The van der Waals surface area contributed by atoms with Crippen LogP contribution in [0.3, 0.4) is 0 Å². The van der Waals surface area contributed by atoms with E-state index in [1.807, 2.05) is 35.7 Å². The van der Waals surface area contributed by atoms with Crippen LogP contribution in [0.15, 0.2) is 64.2 Å². The summed E-state index contributed by atoms with van der Waals surface area (Å²) in [5.74, 6) is 0.337. The quantitative estimate of drug-likeness (QED) is 0.469. The number of nitrogens with zero attached hydrogens (tertiary/aromatic N) is 4. The first-order chi connectivity index (χ1) is 14.6. The summed E-state index contributed by atoms with van der Waals surface area (Å²) in [6.45, 7) is 2.40. The number of carbonyl (C=O) groups excluding carboxylic acids is 1. The zero-order valence-electron chi connectivity index (χ0n) is 16.1. The Balaban J connectivity index is 1.43. The third-order valence-corrected chi connectivity index (χ3v) is 5.07. The van der Waals surface area contributed by atoms with Gasteiger partial charge in [-0.2, -0.15) is 5.10 Å². The molecule has 0 radical (unpaired) electrons. The Bertz CT molecular complexity index is 1440. The molecule has 9 heteroatoms. The van der Waals surface area contributed by atoms with Gasteiger partial charge in [0.2, 0.25) is 0 Å². The highest BCUT2D eigenvalue weighted by Crippen LogP contribution is 2.16. The van der Waals surface area contributed by atoms with Crippen LogP contribution in [0.1, 0.15) is 27.6 Å². The van der Waals surface area contributed by atoms with Gasteiger partial charge in [-0.05, 0) is 43.3 Å². The second-order valence-corrected chi connectivity index (χ2v) is 6.97. The van der Waals surface area contributed by atoms with Gasteiger partial charge < -0.3 is 14.1 Å². The largest absolute Gasteiger partial charge is 0.454 e. The number of furan rings is 1. The van der Waals surface area contributed by atoms with Crippen molar-refractivity contribution in [1.82, 2.24) is 29.5 Å². The summed E-state index contributed by atoms with van der Waals surface area (Å²) < 4.78 is 9.09. The Morgan fingerprint density at radius 2 is 2.07 bits per heavy atom. The van der Waals surface area contributed by atoms with Crippen molar-refractivity contribution in [2.75, 3.05) is 0 Å². The van der Waals surface area contributed by atoms with Crippen LogP contribution in [-0.2, 0) is 13.1 Å². The topological polar surface area (TPSA) is 110 Å². The number of carbonyl (C=O) groups is 1. The van der Waals surface area contributed by atoms with E-state index in [1.165, 1.54) is 0 Å². The first-order valence-electron chi connectivity index (χ1n) is 9.42. The zero-order valence-corrected chi connectivity index (χ0v) is 16.1. The molecule has 0 atom stereocenters. The van der Waals surface area contributed by atoms with Crippen molar-refractivity contribution < 1.29 is 9.21 Å². The lowest BCUT2D eigenvalue weighted by molar-refractivity contribution is 0.0921. The van der Waals surface area contributed by atoms with Crippen molar-refractivity contribution in [1.29, 1.82) is 0 Å². The first kappa shape index (κ1) is 17.9. The molecule has 0 bridgehead atoms. The lowest BCUT2D eigenvalue weighted by atomic mass is 10.2. The number of hydrogen-bond acceptors (Lipinski definition) is 5. The summed E-state index contributed by atoms with van der Waals surface area (Å²) in [6.07, 6.45) is 5.15. The maximum atomic E-state index is 13.0. The third-order valence-electron chi connectivity index (χ3n) is 5.07. The van der Waals surface area contributed by atoms with Gasteiger partial charge in [0, 0.05) is 30.2 Å². The van der Waals surface area contributed by atoms with Gasteiger partial charge in [0.05, 0.1) is 18.3 Å². The molecule has 0 unspecified atom stereocenters. The fraction of sp³-hybridized carbons (Fsp3) is 0.143. The van der Waals surface area contributed by atoms with Crippen molar-refractivity contribution in [3.63, 3.8) is 0 Å². The van der Waals surface area contributed by atoms with E-state index in [1.54, 1.807) is 35.2 Å². The van der Waals surface area contributed by atoms with Crippen LogP contribution in [0.4, 0.5) is 0 Å². The van der Waals surface area contributed by atoms with Crippen LogP contribution < -0.4 is 10.9 Å². The van der Waals surface area contributed by atoms with Crippen LogP contribution in [0.25, 0.3) is 16.7 Å². The molecule has 30 heavy (non-hydrogen) atoms. The molecule has 5 aromatic heterocycles. The molecule has 2 N–H and O–H groups in total. The second kappa shape index (κ2) is 7.03. The maximum absolute atomic E-state index is 13.0. The number of aromatic amines is 1. The van der Waals surface area contributed by atoms with E-state index < -0.39 is 0 Å². The van der Waals surface area contributed by atoms with Gasteiger partial charge in [0.25, 0.3) is 11.5 Å². The fourth-order valence-corrected chi connectivity index (χ4v) is 3.49. The number of aromatic nitrogens is 5. The van der Waals surface area contributed by atoms with Gasteiger partial charge in [0.1, 0.15) is 11.3 Å². The Morgan fingerprint density at radius 1 is 1.20 bits per heavy atom. The van der Waals surface area contributed by atoms with Crippen molar-refractivity contribution in [3.8, 4) is 0 Å². The molecule has 1 amide bonds. The van der Waals surface area contributed by atoms with Gasteiger partial charge in [-0.1, -0.05) is 0 Å². The molecule has 9 nitrogen and oxygen atoms in total. The Kier molecular flexibility index (Phi) is 4.20. The molecule has 150 valence electrons. The molecule has 5 heterocycles. The lowest BCUT2D eigenvalue weighted by Crippen LogP contribution is -2.24. The number of aryl methyl sites for hydroxylation is 1. The molecular weight excluding hydrogens is 384 g/mol. The summed E-state index contributed by atoms with van der Waals surface area (Å²) in [4.78, 5) is 29.8. The number of rotatable bonds is 5. The normalized spacial score (nSPS) is 11.4. The molecule has 0 aliphatic carbocycles. The molecule has 5 rings (SSSR count). The Labute approximate surface area is 170 Å². The minimum Gasteiger partial charge on any atom is -0.454 e. The van der Waals surface area contributed by atoms with Crippen LogP contribution in [0.5, 0.6) is 0 Å². The van der Waals surface area contributed by atoms with Gasteiger partial charge >= 0.3 is 0 Å². The van der Waals surface area contributed by atoms with Crippen molar-refractivity contribution in [2.45, 2.75) is 20.0 Å². The van der Waals surface area contributed by atoms with Crippen LogP contribution in [0.2, 0.25) is 0 Å². The average molecular weight is 402 g/mol. The highest BCUT2D eigenvalue weighted by molar-refractivity contribution is 5.91. The molecule has 0 saturated heterocycles. The van der Waals surface area contributed by atoms with Gasteiger partial charge in [0.15, 0.2) is 11.4 Å². The van der Waals surface area contributed by atoms with Crippen molar-refractivity contribution in [3.05, 3.63) is 88.1 Å². The van der Waals surface area contributed by atoms with E-state index in [4.69, 9.17) is 4.42 Å². The van der Waals surface area contributed by atoms with Crippen LogP contribution >= 0.6 is 0 Å². The van der Waals surface area contributed by atoms with E-state index in [0.717, 1.165) is 16.8 Å². The molecule has 0 spiro atoms. The van der Waals surface area contributed by atoms with Gasteiger partial charge in [-0.15, -0.1) is 0 Å². The van der Waals surface area contributed by atoms with E-state index in [-0.39, 0.29) is 23.8 Å². The predicted octanol–water partition coefficient (Wildman–Crippen LogP) is 2.25. The number of hydrogen-bond donors (Lipinski definition) is 2. The molecular formula is C21H18N6O3. The highest BCUT2D eigenvalue weighted by Gasteiger charge is 2.15. The fourth-order valence-electron chi connectivity index (χ4n) is 3.49. The molecule has 0 aromatic carbocycles. The average Bonchev–Trinajstić information content (AvgIpc) is 3.50. The number of H-pyrrole nitrogens is 1. The lowest BCUT2D eigenvalue weighted by Gasteiger charge is -2.10. The van der Waals surface area contributed by atoms with Crippen LogP contribution in [0, 0.1) is 6.92 Å². The van der Waals surface area contributed by atoms with Gasteiger partial charge in [-0.25, -0.2) is 4.98 Å². The summed E-state index contributed by atoms with van der Waals surface area (Å²) in [5, 5.41) is 9.57. The number of fused-ring (bicyclic) bond motifs is 3. The van der Waals surface area contributed by atoms with Crippen molar-refractivity contribution in [2.24, 2.45) is 0 Å². The zero-order chi connectivity index (χ0) is 20.7. The molecule has 0 aliphatic heterocycles. The number of amides is 1. The molecule has 0 aliphatic rings. The highest BCUT2D eigenvalue weighted by atomic mass is 16.4. The first-order valence-corrected chi connectivity index (χ1v) is 9.42. The SMILES string of the molecule is Cc1[nH]ncc1CNC(=O)c1ccc(Cn2c(=O)c3cccn3c3cccnc32)o1. The smallest absolute Gasteiger partial charge is 0.287 e. The van der Waals surface area contributed by atoms with Crippen molar-refractivity contribution >= 4 is 22.6 Å². The maximum Gasteiger partial charge on any atom is 0.287 e. The van der Waals surface area contributed by atoms with E-state index in [0.29, 0.717) is 23.5 Å². The standard InChI is InChI=1S/C21H18N6O3/c1-13-14(11-24-25-13)10-23-20(28)18-7-6-15(30-18)12-27-19-16(4-2-8-22-19)26-9-3-5-17(26)21(27)29/h2-9,11H,10,12H2,1H3,(H,23,28)(H,24,25). The molecule has 5 aromatic rings. The monoisotopic (exact) mass is 402 g/mol. The summed E-state index contributed by atoms with van der Waals surface area (Å²) in [5.41, 5.74) is 3.54. The summed E-state index contributed by atoms with van der Waals surface area (Å²) in [7, 11) is 0.